The molecule has 0 aliphatic heterocycles. The van der Waals surface area contributed by atoms with Crippen LogP contribution < -0.4 is 14.9 Å². The summed E-state index contributed by atoms with van der Waals surface area (Å²) in [5.41, 5.74) is 4.54. The highest BCUT2D eigenvalue weighted by atomic mass is 35.5. The minimum absolute atomic E-state index is 0.191. The molecule has 3 rings (SSSR count). The summed E-state index contributed by atoms with van der Waals surface area (Å²) >= 11 is 7.27. The fraction of sp³-hybridized carbons (Fsp3) is 0.167. The Labute approximate surface area is 191 Å². The number of rotatable bonds is 10. The lowest BCUT2D eigenvalue weighted by molar-refractivity contribution is -0.118. The number of amides is 1. The van der Waals surface area contributed by atoms with E-state index < -0.39 is 0 Å². The van der Waals surface area contributed by atoms with Crippen molar-refractivity contribution in [3.63, 3.8) is 0 Å². The van der Waals surface area contributed by atoms with E-state index in [1.165, 1.54) is 17.3 Å². The van der Waals surface area contributed by atoms with Gasteiger partial charge in [-0.3, -0.25) is 4.79 Å². The molecule has 0 fully saturated rings. The van der Waals surface area contributed by atoms with Gasteiger partial charge in [0, 0.05) is 16.3 Å². The maximum atomic E-state index is 12.0. The third kappa shape index (κ3) is 7.66. The zero-order chi connectivity index (χ0) is 21.9. The Hall–Kier alpha value is -2.96. The highest BCUT2D eigenvalue weighted by molar-refractivity contribution is 8.00. The Morgan fingerprint density at radius 3 is 2.58 bits per heavy atom. The normalized spacial score (nSPS) is 10.8. The Morgan fingerprint density at radius 2 is 1.84 bits per heavy atom. The number of benzene rings is 3. The first kappa shape index (κ1) is 22.7. The number of ether oxygens (including phenoxy) is 2. The molecule has 0 radical (unpaired) electrons. The van der Waals surface area contributed by atoms with Crippen LogP contribution >= 0.6 is 23.4 Å². The fourth-order valence-electron chi connectivity index (χ4n) is 2.70. The number of hydrogen-bond donors (Lipinski definition) is 1. The zero-order valence-corrected chi connectivity index (χ0v) is 18.7. The molecule has 0 aliphatic carbocycles. The maximum Gasteiger partial charge on any atom is 0.250 e. The number of nitrogens with one attached hydrogen (secondary N) is 1. The number of hydrogen-bond acceptors (Lipinski definition) is 5. The summed E-state index contributed by atoms with van der Waals surface area (Å²) in [7, 11) is 1.59. The molecule has 3 aromatic rings. The molecule has 5 nitrogen and oxygen atoms in total. The standard InChI is InChI=1S/C24H23ClN2O3S/c1-29-23-15-19(7-12-22(23)30-14-13-18-5-3-2-4-6-18)16-26-27-24(28)17-31-21-10-8-20(25)9-11-21/h2-12,15-16H,13-14,17H2,1H3,(H,27,28)/b26-16+. The number of nitrogens with zero attached hydrogens (tertiary/aromatic N) is 1. The van der Waals surface area contributed by atoms with Crippen molar-refractivity contribution in [2.45, 2.75) is 11.3 Å². The van der Waals surface area contributed by atoms with Crippen LogP contribution in [0.3, 0.4) is 0 Å². The first-order valence-electron chi connectivity index (χ1n) is 9.69. The lowest BCUT2D eigenvalue weighted by Gasteiger charge is -2.11. The molecular formula is C24H23ClN2O3S. The second-order valence-electron chi connectivity index (χ2n) is 6.53. The van der Waals surface area contributed by atoms with Gasteiger partial charge in [-0.1, -0.05) is 41.9 Å². The second kappa shape index (κ2) is 12.0. The van der Waals surface area contributed by atoms with Gasteiger partial charge >= 0.3 is 0 Å². The van der Waals surface area contributed by atoms with Crippen LogP contribution in [0, 0.1) is 0 Å². The van der Waals surface area contributed by atoms with E-state index in [0.717, 1.165) is 16.9 Å². The van der Waals surface area contributed by atoms with Crippen LogP contribution in [0.15, 0.2) is 82.8 Å². The summed E-state index contributed by atoms with van der Waals surface area (Å²) in [5, 5.41) is 4.69. The van der Waals surface area contributed by atoms with Gasteiger partial charge in [-0.05, 0) is 53.6 Å². The highest BCUT2D eigenvalue weighted by Crippen LogP contribution is 2.27. The third-order valence-electron chi connectivity index (χ3n) is 4.27. The highest BCUT2D eigenvalue weighted by Gasteiger charge is 2.06. The maximum absolute atomic E-state index is 12.0. The molecule has 0 saturated heterocycles. The summed E-state index contributed by atoms with van der Waals surface area (Å²) in [5.74, 6) is 1.35. The van der Waals surface area contributed by atoms with Gasteiger partial charge in [-0.15, -0.1) is 11.8 Å². The Morgan fingerprint density at radius 1 is 1.06 bits per heavy atom. The number of thioether (sulfide) groups is 1. The number of halogens is 1. The zero-order valence-electron chi connectivity index (χ0n) is 17.1. The lowest BCUT2D eigenvalue weighted by atomic mass is 10.2. The van der Waals surface area contributed by atoms with Crippen LogP contribution in [0.2, 0.25) is 5.02 Å². The molecule has 160 valence electrons. The van der Waals surface area contributed by atoms with Gasteiger partial charge in [0.25, 0.3) is 0 Å². The molecule has 0 heterocycles. The van der Waals surface area contributed by atoms with Gasteiger partial charge in [0.15, 0.2) is 11.5 Å². The first-order chi connectivity index (χ1) is 15.1. The van der Waals surface area contributed by atoms with E-state index >= 15 is 0 Å². The molecule has 0 aromatic heterocycles. The van der Waals surface area contributed by atoms with E-state index in [-0.39, 0.29) is 11.7 Å². The molecule has 0 bridgehead atoms. The van der Waals surface area contributed by atoms with Gasteiger partial charge in [-0.25, -0.2) is 5.43 Å². The van der Waals surface area contributed by atoms with E-state index in [0.29, 0.717) is 23.1 Å². The number of methoxy groups -OCH3 is 1. The molecule has 0 spiro atoms. The molecule has 7 heteroatoms. The van der Waals surface area contributed by atoms with E-state index in [4.69, 9.17) is 21.1 Å². The van der Waals surface area contributed by atoms with E-state index in [1.807, 2.05) is 48.5 Å². The molecule has 0 saturated carbocycles. The van der Waals surface area contributed by atoms with Crippen molar-refractivity contribution in [1.82, 2.24) is 5.43 Å². The SMILES string of the molecule is COc1cc(/C=N/NC(=O)CSc2ccc(Cl)cc2)ccc1OCCc1ccccc1. The molecular weight excluding hydrogens is 432 g/mol. The summed E-state index contributed by atoms with van der Waals surface area (Å²) in [6.45, 7) is 0.551. The van der Waals surface area contributed by atoms with E-state index in [9.17, 15) is 4.79 Å². The van der Waals surface area contributed by atoms with Crippen molar-refractivity contribution in [2.75, 3.05) is 19.5 Å². The molecule has 0 atom stereocenters. The second-order valence-corrected chi connectivity index (χ2v) is 8.02. The van der Waals surface area contributed by atoms with Crippen LogP contribution in [0.4, 0.5) is 0 Å². The van der Waals surface area contributed by atoms with Gasteiger partial charge in [0.05, 0.1) is 25.7 Å². The predicted octanol–water partition coefficient (Wildman–Crippen LogP) is 5.21. The molecule has 3 aromatic carbocycles. The van der Waals surface area contributed by atoms with Gasteiger partial charge in [0.1, 0.15) is 0 Å². The van der Waals surface area contributed by atoms with Crippen molar-refractivity contribution in [3.05, 3.63) is 88.9 Å². The Bertz CT molecular complexity index is 1010. The number of hydrazone groups is 1. The number of carbonyl (C=O) groups excluding carboxylic acids is 1. The van der Waals surface area contributed by atoms with Crippen LogP contribution in [-0.4, -0.2) is 31.6 Å². The van der Waals surface area contributed by atoms with Crippen molar-refractivity contribution in [2.24, 2.45) is 5.10 Å². The minimum Gasteiger partial charge on any atom is -0.493 e. The fourth-order valence-corrected chi connectivity index (χ4v) is 3.51. The predicted molar refractivity (Wildman–Crippen MR) is 127 cm³/mol. The molecule has 0 unspecified atom stereocenters. The first-order valence-corrected chi connectivity index (χ1v) is 11.1. The molecule has 31 heavy (non-hydrogen) atoms. The van der Waals surface area contributed by atoms with Gasteiger partial charge in [0.2, 0.25) is 5.91 Å². The topological polar surface area (TPSA) is 59.9 Å². The number of carbonyl (C=O) groups is 1. The van der Waals surface area contributed by atoms with Crippen LogP contribution in [-0.2, 0) is 11.2 Å². The monoisotopic (exact) mass is 454 g/mol. The summed E-state index contributed by atoms with van der Waals surface area (Å²) in [4.78, 5) is 12.9. The summed E-state index contributed by atoms with van der Waals surface area (Å²) in [6.07, 6.45) is 2.38. The molecule has 1 N–H and O–H groups in total. The van der Waals surface area contributed by atoms with Gasteiger partial charge in [-0.2, -0.15) is 5.10 Å². The van der Waals surface area contributed by atoms with Gasteiger partial charge < -0.3 is 9.47 Å². The van der Waals surface area contributed by atoms with Crippen molar-refractivity contribution >= 4 is 35.5 Å². The van der Waals surface area contributed by atoms with Crippen molar-refractivity contribution in [3.8, 4) is 11.5 Å². The summed E-state index contributed by atoms with van der Waals surface area (Å²) < 4.78 is 11.3. The van der Waals surface area contributed by atoms with Crippen LogP contribution in [0.25, 0.3) is 0 Å². The van der Waals surface area contributed by atoms with Crippen LogP contribution in [0.1, 0.15) is 11.1 Å². The minimum atomic E-state index is -0.191. The quantitative estimate of drug-likeness (QED) is 0.259. The molecule has 0 aliphatic rings. The van der Waals surface area contributed by atoms with Crippen molar-refractivity contribution < 1.29 is 14.3 Å². The third-order valence-corrected chi connectivity index (χ3v) is 5.53. The average molecular weight is 455 g/mol. The lowest BCUT2D eigenvalue weighted by Crippen LogP contribution is -2.19. The smallest absolute Gasteiger partial charge is 0.250 e. The summed E-state index contributed by atoms with van der Waals surface area (Å²) in [6, 6.07) is 23.0. The molecule has 1 amide bonds. The average Bonchev–Trinajstić information content (AvgIpc) is 2.80. The van der Waals surface area contributed by atoms with E-state index in [2.05, 4.69) is 22.7 Å². The Kier molecular flexibility index (Phi) is 8.82. The van der Waals surface area contributed by atoms with Crippen LogP contribution in [0.5, 0.6) is 11.5 Å². The van der Waals surface area contributed by atoms with E-state index in [1.54, 1.807) is 25.5 Å². The Balaban J connectivity index is 1.47. The largest absolute Gasteiger partial charge is 0.493 e. The van der Waals surface area contributed by atoms with Crippen molar-refractivity contribution in [1.29, 1.82) is 0 Å².